The van der Waals surface area contributed by atoms with E-state index in [1.165, 1.54) is 0 Å². The van der Waals surface area contributed by atoms with Crippen molar-refractivity contribution < 1.29 is 9.59 Å². The third-order valence-electron chi connectivity index (χ3n) is 4.85. The Balaban J connectivity index is 2.29. The predicted octanol–water partition coefficient (Wildman–Crippen LogP) is 5.42. The van der Waals surface area contributed by atoms with Crippen molar-refractivity contribution in [2.24, 2.45) is 5.92 Å². The minimum Gasteiger partial charge on any atom is -0.354 e. The molecule has 0 aromatic heterocycles. The molecule has 0 radical (unpaired) electrons. The van der Waals surface area contributed by atoms with Crippen LogP contribution < -0.4 is 5.32 Å². The van der Waals surface area contributed by atoms with Crippen molar-refractivity contribution in [3.05, 3.63) is 69.2 Å². The lowest BCUT2D eigenvalue weighted by atomic mass is 10.1. The van der Waals surface area contributed by atoms with Crippen LogP contribution >= 0.6 is 23.2 Å². The number of aryl methyl sites for hydroxylation is 1. The van der Waals surface area contributed by atoms with Gasteiger partial charge in [-0.25, -0.2) is 0 Å². The van der Waals surface area contributed by atoms with Crippen molar-refractivity contribution in [1.82, 2.24) is 10.2 Å². The molecule has 2 aromatic rings. The van der Waals surface area contributed by atoms with Crippen molar-refractivity contribution in [3.8, 4) is 0 Å². The van der Waals surface area contributed by atoms with E-state index in [1.54, 1.807) is 23.1 Å². The van der Waals surface area contributed by atoms with Crippen LogP contribution in [0.1, 0.15) is 43.9 Å². The van der Waals surface area contributed by atoms with Gasteiger partial charge in [-0.3, -0.25) is 9.59 Å². The minimum absolute atomic E-state index is 0.124. The molecule has 0 fully saturated rings. The molecule has 4 nitrogen and oxygen atoms in total. The number of carbonyl (C=O) groups is 2. The van der Waals surface area contributed by atoms with Crippen LogP contribution in [-0.2, 0) is 22.6 Å². The van der Waals surface area contributed by atoms with E-state index in [2.05, 4.69) is 5.32 Å². The molecular weight excluding hydrogens is 419 g/mol. The number of halogens is 2. The van der Waals surface area contributed by atoms with Gasteiger partial charge in [-0.1, -0.05) is 79.9 Å². The Hall–Kier alpha value is -2.04. The molecule has 1 atom stereocenters. The van der Waals surface area contributed by atoms with Crippen LogP contribution in [0.15, 0.2) is 42.5 Å². The second kappa shape index (κ2) is 11.4. The Labute approximate surface area is 189 Å². The van der Waals surface area contributed by atoms with Gasteiger partial charge in [0, 0.05) is 13.1 Å². The van der Waals surface area contributed by atoms with Crippen LogP contribution in [0.4, 0.5) is 0 Å². The van der Waals surface area contributed by atoms with Gasteiger partial charge in [0.2, 0.25) is 11.8 Å². The molecule has 6 heteroatoms. The molecule has 0 spiro atoms. The third kappa shape index (κ3) is 7.03. The first-order valence-electron chi connectivity index (χ1n) is 10.3. The Kier molecular flexibility index (Phi) is 9.19. The molecule has 2 rings (SSSR count). The SMILES string of the molecule is CCC(C(=O)NCC(C)C)N(Cc1cccc(C)c1)C(=O)Cc1ccc(Cl)c(Cl)c1. The smallest absolute Gasteiger partial charge is 0.242 e. The zero-order chi connectivity index (χ0) is 22.3. The van der Waals surface area contributed by atoms with Crippen molar-refractivity contribution >= 4 is 35.0 Å². The first-order chi connectivity index (χ1) is 14.2. The predicted molar refractivity (Wildman–Crippen MR) is 124 cm³/mol. The number of nitrogens with zero attached hydrogens (tertiary/aromatic N) is 1. The fourth-order valence-corrected chi connectivity index (χ4v) is 3.60. The molecule has 0 aliphatic carbocycles. The number of rotatable bonds is 9. The standard InChI is InChI=1S/C24H30Cl2N2O2/c1-5-22(24(30)27-14-16(2)3)28(15-19-8-6-7-17(4)11-19)23(29)13-18-9-10-20(25)21(26)12-18/h6-12,16,22H,5,13-15H2,1-4H3,(H,27,30). The lowest BCUT2D eigenvalue weighted by molar-refractivity contribution is -0.141. The van der Waals surface area contributed by atoms with Crippen LogP contribution in [-0.4, -0.2) is 29.3 Å². The molecule has 0 bridgehead atoms. The van der Waals surface area contributed by atoms with Crippen LogP contribution in [0.2, 0.25) is 10.0 Å². The Bertz CT molecular complexity index is 883. The monoisotopic (exact) mass is 448 g/mol. The second-order valence-electron chi connectivity index (χ2n) is 8.00. The Morgan fingerprint density at radius 2 is 1.77 bits per heavy atom. The molecule has 0 heterocycles. The van der Waals surface area contributed by atoms with Crippen molar-refractivity contribution in [2.45, 2.75) is 53.1 Å². The maximum atomic E-state index is 13.3. The molecule has 0 saturated heterocycles. The summed E-state index contributed by atoms with van der Waals surface area (Å²) in [7, 11) is 0. The van der Waals surface area contributed by atoms with Gasteiger partial charge in [-0.15, -0.1) is 0 Å². The summed E-state index contributed by atoms with van der Waals surface area (Å²) in [6, 6.07) is 12.6. The first kappa shape index (κ1) is 24.2. The molecule has 1 unspecified atom stereocenters. The van der Waals surface area contributed by atoms with E-state index in [9.17, 15) is 9.59 Å². The van der Waals surface area contributed by atoms with E-state index < -0.39 is 6.04 Å². The highest BCUT2D eigenvalue weighted by Crippen LogP contribution is 2.23. The Morgan fingerprint density at radius 1 is 1.03 bits per heavy atom. The fourth-order valence-electron chi connectivity index (χ4n) is 3.27. The normalized spacial score (nSPS) is 12.0. The summed E-state index contributed by atoms with van der Waals surface area (Å²) >= 11 is 12.1. The molecule has 2 aromatic carbocycles. The molecular formula is C24H30Cl2N2O2. The number of hydrogen-bond acceptors (Lipinski definition) is 2. The zero-order valence-electron chi connectivity index (χ0n) is 18.0. The lowest BCUT2D eigenvalue weighted by Crippen LogP contribution is -2.50. The van der Waals surface area contributed by atoms with Gasteiger partial charge >= 0.3 is 0 Å². The van der Waals surface area contributed by atoms with Gasteiger partial charge in [-0.05, 0) is 42.5 Å². The van der Waals surface area contributed by atoms with Gasteiger partial charge in [0.05, 0.1) is 16.5 Å². The highest BCUT2D eigenvalue weighted by Gasteiger charge is 2.28. The summed E-state index contributed by atoms with van der Waals surface area (Å²) in [5, 5.41) is 3.83. The quantitative estimate of drug-likeness (QED) is 0.556. The summed E-state index contributed by atoms with van der Waals surface area (Å²) in [5.41, 5.74) is 2.87. The third-order valence-corrected chi connectivity index (χ3v) is 5.58. The summed E-state index contributed by atoms with van der Waals surface area (Å²) in [6.45, 7) is 8.97. The van der Waals surface area contributed by atoms with Gasteiger partial charge in [0.15, 0.2) is 0 Å². The first-order valence-corrected chi connectivity index (χ1v) is 11.0. The zero-order valence-corrected chi connectivity index (χ0v) is 19.6. The lowest BCUT2D eigenvalue weighted by Gasteiger charge is -2.31. The van der Waals surface area contributed by atoms with Crippen LogP contribution in [0.3, 0.4) is 0 Å². The van der Waals surface area contributed by atoms with E-state index in [1.807, 2.05) is 52.0 Å². The molecule has 162 valence electrons. The van der Waals surface area contributed by atoms with E-state index in [-0.39, 0.29) is 18.2 Å². The molecule has 30 heavy (non-hydrogen) atoms. The molecule has 1 N–H and O–H groups in total. The van der Waals surface area contributed by atoms with Crippen molar-refractivity contribution in [1.29, 1.82) is 0 Å². The maximum Gasteiger partial charge on any atom is 0.242 e. The van der Waals surface area contributed by atoms with Crippen molar-refractivity contribution in [2.75, 3.05) is 6.54 Å². The van der Waals surface area contributed by atoms with Gasteiger partial charge in [0.25, 0.3) is 0 Å². The number of amides is 2. The molecule has 0 aliphatic rings. The summed E-state index contributed by atoms with van der Waals surface area (Å²) in [5.74, 6) is 0.0892. The van der Waals surface area contributed by atoms with Crippen LogP contribution in [0.25, 0.3) is 0 Å². The highest BCUT2D eigenvalue weighted by atomic mass is 35.5. The number of carbonyl (C=O) groups excluding carboxylic acids is 2. The number of nitrogens with one attached hydrogen (secondary N) is 1. The van der Waals surface area contributed by atoms with Gasteiger partial charge in [-0.2, -0.15) is 0 Å². The van der Waals surface area contributed by atoms with Crippen LogP contribution in [0.5, 0.6) is 0 Å². The van der Waals surface area contributed by atoms with E-state index in [4.69, 9.17) is 23.2 Å². The largest absolute Gasteiger partial charge is 0.354 e. The Morgan fingerprint density at radius 3 is 2.37 bits per heavy atom. The average molecular weight is 449 g/mol. The summed E-state index contributed by atoms with van der Waals surface area (Å²) in [6.07, 6.45) is 0.680. The molecule has 2 amide bonds. The van der Waals surface area contributed by atoms with E-state index in [0.717, 1.165) is 16.7 Å². The molecule has 0 aliphatic heterocycles. The van der Waals surface area contributed by atoms with E-state index in [0.29, 0.717) is 35.5 Å². The number of hydrogen-bond donors (Lipinski definition) is 1. The van der Waals surface area contributed by atoms with Crippen molar-refractivity contribution in [3.63, 3.8) is 0 Å². The second-order valence-corrected chi connectivity index (χ2v) is 8.81. The summed E-state index contributed by atoms with van der Waals surface area (Å²) in [4.78, 5) is 27.9. The van der Waals surface area contributed by atoms with Crippen LogP contribution in [0, 0.1) is 12.8 Å². The van der Waals surface area contributed by atoms with Gasteiger partial charge < -0.3 is 10.2 Å². The van der Waals surface area contributed by atoms with E-state index >= 15 is 0 Å². The minimum atomic E-state index is -0.542. The number of benzene rings is 2. The molecule has 0 saturated carbocycles. The maximum absolute atomic E-state index is 13.3. The highest BCUT2D eigenvalue weighted by molar-refractivity contribution is 6.42. The fraction of sp³-hybridized carbons (Fsp3) is 0.417. The van der Waals surface area contributed by atoms with Gasteiger partial charge in [0.1, 0.15) is 6.04 Å². The average Bonchev–Trinajstić information content (AvgIpc) is 2.69. The summed E-state index contributed by atoms with van der Waals surface area (Å²) < 4.78 is 0. The topological polar surface area (TPSA) is 49.4 Å².